The van der Waals surface area contributed by atoms with Crippen molar-refractivity contribution in [2.45, 2.75) is 66.0 Å². The minimum absolute atomic E-state index is 0.00991. The molecule has 4 unspecified atom stereocenters. The fourth-order valence-electron chi connectivity index (χ4n) is 1.69. The third-order valence-corrected chi connectivity index (χ3v) is 3.10. The third kappa shape index (κ3) is 12.5. The van der Waals surface area contributed by atoms with Crippen LogP contribution in [0, 0.1) is 0 Å². The molecule has 0 aliphatic heterocycles. The molecule has 0 aliphatic carbocycles. The highest BCUT2D eigenvalue weighted by Gasteiger charge is 2.12. The van der Waals surface area contributed by atoms with Crippen molar-refractivity contribution >= 4 is 5.97 Å². The first-order chi connectivity index (χ1) is 11.3. The molecule has 0 N–H and O–H groups in total. The van der Waals surface area contributed by atoms with Gasteiger partial charge in [0, 0.05) is 12.2 Å². The molecule has 24 heavy (non-hydrogen) atoms. The molecule has 6 nitrogen and oxygen atoms in total. The Morgan fingerprint density at radius 1 is 0.792 bits per heavy atom. The van der Waals surface area contributed by atoms with Crippen molar-refractivity contribution in [2.75, 3.05) is 33.0 Å². The topological polar surface area (TPSA) is 63.2 Å². The van der Waals surface area contributed by atoms with Gasteiger partial charge >= 0.3 is 5.97 Å². The van der Waals surface area contributed by atoms with Gasteiger partial charge in [-0.2, -0.15) is 0 Å². The zero-order valence-corrected chi connectivity index (χ0v) is 16.0. The number of esters is 1. The van der Waals surface area contributed by atoms with E-state index >= 15 is 0 Å². The van der Waals surface area contributed by atoms with Gasteiger partial charge in [0.2, 0.25) is 0 Å². The molecule has 0 saturated heterocycles. The summed E-state index contributed by atoms with van der Waals surface area (Å²) in [4.78, 5) is 11.3. The molecule has 0 aromatic rings. The lowest BCUT2D eigenvalue weighted by Gasteiger charge is -2.21. The number of carbonyl (C=O) groups excluding carboxylic acids is 1. The summed E-state index contributed by atoms with van der Waals surface area (Å²) in [6.45, 7) is 17.2. The molecule has 0 aromatic heterocycles. The molecule has 0 bridgehead atoms. The maximum Gasteiger partial charge on any atom is 0.333 e. The SMILES string of the molecule is C=C(C)C(=O)OCC(C)OCC(C)OCC(C)OCC(C)OCC. The second kappa shape index (κ2) is 13.4. The van der Waals surface area contributed by atoms with E-state index in [2.05, 4.69) is 6.58 Å². The van der Waals surface area contributed by atoms with Crippen molar-refractivity contribution in [1.29, 1.82) is 0 Å². The Morgan fingerprint density at radius 2 is 1.17 bits per heavy atom. The van der Waals surface area contributed by atoms with E-state index in [1.807, 2.05) is 34.6 Å². The highest BCUT2D eigenvalue weighted by molar-refractivity contribution is 5.86. The Hall–Kier alpha value is -0.950. The van der Waals surface area contributed by atoms with Crippen LogP contribution in [0.2, 0.25) is 0 Å². The average molecular weight is 346 g/mol. The van der Waals surface area contributed by atoms with Crippen LogP contribution in [0.5, 0.6) is 0 Å². The Morgan fingerprint density at radius 3 is 1.54 bits per heavy atom. The summed E-state index contributed by atoms with van der Waals surface area (Å²) in [5, 5.41) is 0. The average Bonchev–Trinajstić information content (AvgIpc) is 2.53. The van der Waals surface area contributed by atoms with Crippen LogP contribution in [0.4, 0.5) is 0 Å². The first kappa shape index (κ1) is 23.1. The molecule has 0 rings (SSSR count). The van der Waals surface area contributed by atoms with Crippen molar-refractivity contribution in [3.05, 3.63) is 12.2 Å². The number of ether oxygens (including phenoxy) is 5. The van der Waals surface area contributed by atoms with Gasteiger partial charge in [0.1, 0.15) is 6.61 Å². The normalized spacial score (nSPS) is 16.2. The van der Waals surface area contributed by atoms with Crippen LogP contribution in [0.1, 0.15) is 41.5 Å². The van der Waals surface area contributed by atoms with Crippen molar-refractivity contribution < 1.29 is 28.5 Å². The van der Waals surface area contributed by atoms with Gasteiger partial charge < -0.3 is 23.7 Å². The van der Waals surface area contributed by atoms with Gasteiger partial charge in [0.15, 0.2) is 0 Å². The van der Waals surface area contributed by atoms with E-state index in [1.165, 1.54) is 0 Å². The fraction of sp³-hybridized carbons (Fsp3) is 0.833. The number of hydrogen-bond acceptors (Lipinski definition) is 6. The van der Waals surface area contributed by atoms with E-state index in [1.54, 1.807) is 6.92 Å². The minimum Gasteiger partial charge on any atom is -0.460 e. The molecule has 0 saturated carbocycles. The lowest BCUT2D eigenvalue weighted by molar-refractivity contribution is -0.144. The molecule has 0 heterocycles. The van der Waals surface area contributed by atoms with E-state index in [4.69, 9.17) is 23.7 Å². The Balaban J connectivity index is 3.75. The summed E-state index contributed by atoms with van der Waals surface area (Å²) >= 11 is 0. The van der Waals surface area contributed by atoms with Crippen LogP contribution in [-0.4, -0.2) is 63.4 Å². The van der Waals surface area contributed by atoms with Crippen LogP contribution < -0.4 is 0 Å². The summed E-state index contributed by atoms with van der Waals surface area (Å²) in [5.74, 6) is -0.401. The molecule has 0 radical (unpaired) electrons. The van der Waals surface area contributed by atoms with Crippen LogP contribution in [0.25, 0.3) is 0 Å². The first-order valence-electron chi connectivity index (χ1n) is 8.55. The molecule has 0 aromatic carbocycles. The standard InChI is InChI=1S/C18H34O6/c1-8-20-14(4)9-21-15(5)10-22-16(6)11-23-17(7)12-24-18(19)13(2)3/h14-17H,2,8-12H2,1,3-7H3. The van der Waals surface area contributed by atoms with Gasteiger partial charge in [0.25, 0.3) is 0 Å². The monoisotopic (exact) mass is 346 g/mol. The lowest BCUT2D eigenvalue weighted by Crippen LogP contribution is -2.28. The third-order valence-electron chi connectivity index (χ3n) is 3.10. The second-order valence-corrected chi connectivity index (χ2v) is 6.08. The van der Waals surface area contributed by atoms with Crippen molar-refractivity contribution in [2.24, 2.45) is 0 Å². The highest BCUT2D eigenvalue weighted by atomic mass is 16.6. The maximum absolute atomic E-state index is 11.3. The van der Waals surface area contributed by atoms with Gasteiger partial charge in [-0.15, -0.1) is 0 Å². The summed E-state index contributed by atoms with van der Waals surface area (Å²) in [6, 6.07) is 0. The molecular weight excluding hydrogens is 312 g/mol. The fourth-order valence-corrected chi connectivity index (χ4v) is 1.69. The zero-order chi connectivity index (χ0) is 18.5. The van der Waals surface area contributed by atoms with Crippen molar-refractivity contribution in [1.82, 2.24) is 0 Å². The predicted octanol–water partition coefficient (Wildman–Crippen LogP) is 2.75. The molecule has 0 amide bonds. The van der Waals surface area contributed by atoms with Crippen LogP contribution >= 0.6 is 0 Å². The molecule has 0 fully saturated rings. The van der Waals surface area contributed by atoms with Crippen molar-refractivity contribution in [3.63, 3.8) is 0 Å². The van der Waals surface area contributed by atoms with Gasteiger partial charge in [-0.25, -0.2) is 4.79 Å². The lowest BCUT2D eigenvalue weighted by atomic mass is 10.3. The van der Waals surface area contributed by atoms with Gasteiger partial charge in [0.05, 0.1) is 44.2 Å². The Labute approximate surface area is 146 Å². The van der Waals surface area contributed by atoms with Crippen LogP contribution in [-0.2, 0) is 28.5 Å². The van der Waals surface area contributed by atoms with Crippen molar-refractivity contribution in [3.8, 4) is 0 Å². The molecule has 0 aliphatic rings. The number of hydrogen-bond donors (Lipinski definition) is 0. The molecular formula is C18H34O6. The summed E-state index contributed by atoms with van der Waals surface area (Å²) in [5.41, 5.74) is 0.381. The van der Waals surface area contributed by atoms with Gasteiger partial charge in [-0.05, 0) is 41.5 Å². The van der Waals surface area contributed by atoms with E-state index in [0.717, 1.165) is 0 Å². The summed E-state index contributed by atoms with van der Waals surface area (Å²) < 4.78 is 27.4. The van der Waals surface area contributed by atoms with Crippen LogP contribution in [0.15, 0.2) is 12.2 Å². The van der Waals surface area contributed by atoms with E-state index in [0.29, 0.717) is 32.0 Å². The smallest absolute Gasteiger partial charge is 0.333 e. The van der Waals surface area contributed by atoms with Gasteiger partial charge in [-0.3, -0.25) is 0 Å². The molecule has 4 atom stereocenters. The largest absolute Gasteiger partial charge is 0.460 e. The summed E-state index contributed by atoms with van der Waals surface area (Å²) in [7, 11) is 0. The van der Waals surface area contributed by atoms with E-state index in [-0.39, 0.29) is 31.0 Å². The van der Waals surface area contributed by atoms with E-state index in [9.17, 15) is 4.79 Å². The molecule has 142 valence electrons. The Kier molecular flexibility index (Phi) is 12.8. The van der Waals surface area contributed by atoms with E-state index < -0.39 is 5.97 Å². The quantitative estimate of drug-likeness (QED) is 0.356. The maximum atomic E-state index is 11.3. The Bertz CT molecular complexity index is 357. The predicted molar refractivity (Wildman–Crippen MR) is 93.1 cm³/mol. The second-order valence-electron chi connectivity index (χ2n) is 6.08. The number of rotatable bonds is 14. The van der Waals surface area contributed by atoms with Crippen LogP contribution in [0.3, 0.4) is 0 Å². The first-order valence-corrected chi connectivity index (χ1v) is 8.55. The molecule has 0 spiro atoms. The zero-order valence-electron chi connectivity index (χ0n) is 16.0. The highest BCUT2D eigenvalue weighted by Crippen LogP contribution is 2.03. The molecule has 6 heteroatoms. The number of carbonyl (C=O) groups is 1. The minimum atomic E-state index is -0.401. The van der Waals surface area contributed by atoms with Gasteiger partial charge in [-0.1, -0.05) is 6.58 Å². The summed E-state index contributed by atoms with van der Waals surface area (Å²) in [6.07, 6.45) is -0.190.